The van der Waals surface area contributed by atoms with Crippen molar-refractivity contribution in [2.24, 2.45) is 22.9 Å². The molecule has 1 aromatic carbocycles. The summed E-state index contributed by atoms with van der Waals surface area (Å²) in [6.45, 7) is 10.7. The summed E-state index contributed by atoms with van der Waals surface area (Å²) in [5, 5.41) is 4.43. The highest BCUT2D eigenvalue weighted by atomic mass is 16.8. The predicted octanol–water partition coefficient (Wildman–Crippen LogP) is 4.74. The Labute approximate surface area is 168 Å². The van der Waals surface area contributed by atoms with Crippen LogP contribution in [0.15, 0.2) is 35.5 Å². The lowest BCUT2D eigenvalue weighted by Gasteiger charge is -2.40. The Balaban J connectivity index is 1.57. The van der Waals surface area contributed by atoms with Gasteiger partial charge in [0.2, 0.25) is 0 Å². The Morgan fingerprint density at radius 1 is 1.11 bits per heavy atom. The zero-order valence-corrected chi connectivity index (χ0v) is 17.6. The molecule has 2 aliphatic heterocycles. The average Bonchev–Trinajstić information content (AvgIpc) is 2.98. The Morgan fingerprint density at radius 2 is 1.86 bits per heavy atom. The van der Waals surface area contributed by atoms with Crippen molar-refractivity contribution >= 4 is 5.71 Å². The number of fused-ring (bicyclic) bond motifs is 1. The molecule has 154 valence electrons. The van der Waals surface area contributed by atoms with Crippen LogP contribution in [0.1, 0.15) is 59.4 Å². The van der Waals surface area contributed by atoms with Gasteiger partial charge in [-0.1, -0.05) is 62.7 Å². The first-order valence-corrected chi connectivity index (χ1v) is 10.6. The van der Waals surface area contributed by atoms with Crippen LogP contribution in [-0.4, -0.2) is 36.1 Å². The fraction of sp³-hybridized carbons (Fsp3) is 0.696. The number of rotatable bonds is 4. The molecule has 1 aromatic rings. The summed E-state index contributed by atoms with van der Waals surface area (Å²) >= 11 is 0. The third-order valence-corrected chi connectivity index (χ3v) is 6.26. The van der Waals surface area contributed by atoms with Crippen molar-refractivity contribution in [3.8, 4) is 0 Å². The standard InChI is InChI=1S/C23H33NO4/c1-14(2)17-12-11-15(3)13-18(17)25-22-21-20(26-23(4,5)27-21)19(24-28-22)16-9-7-6-8-10-16/h6-10,14-15,17-18,20-22H,11-13H2,1-5H3/t15-,17+,18-,20-,21-,22-/m1/s1. The zero-order chi connectivity index (χ0) is 19.9. The van der Waals surface area contributed by atoms with Crippen LogP contribution in [0, 0.1) is 17.8 Å². The normalized spacial score (nSPS) is 37.3. The molecule has 0 spiro atoms. The largest absolute Gasteiger partial charge is 0.360 e. The molecule has 5 nitrogen and oxygen atoms in total. The van der Waals surface area contributed by atoms with E-state index in [0.29, 0.717) is 17.8 Å². The zero-order valence-electron chi connectivity index (χ0n) is 17.6. The van der Waals surface area contributed by atoms with Crippen molar-refractivity contribution in [1.82, 2.24) is 0 Å². The SMILES string of the molecule is CC(C)[C@@H]1CC[C@@H](C)C[C@H]1O[C@@H]1ON=C(c2ccccc2)[C@H]2OC(C)(C)O[C@@H]12. The van der Waals surface area contributed by atoms with Crippen molar-refractivity contribution in [3.05, 3.63) is 35.9 Å². The van der Waals surface area contributed by atoms with Crippen LogP contribution in [-0.2, 0) is 19.0 Å². The first kappa shape index (κ1) is 19.9. The first-order valence-electron chi connectivity index (χ1n) is 10.6. The molecule has 6 atom stereocenters. The smallest absolute Gasteiger partial charge is 0.256 e. The van der Waals surface area contributed by atoms with Crippen LogP contribution in [0.3, 0.4) is 0 Å². The minimum Gasteiger partial charge on any atom is -0.360 e. The molecule has 2 fully saturated rings. The van der Waals surface area contributed by atoms with Gasteiger partial charge in [0.15, 0.2) is 11.9 Å². The van der Waals surface area contributed by atoms with E-state index in [9.17, 15) is 0 Å². The molecule has 5 heteroatoms. The van der Waals surface area contributed by atoms with Gasteiger partial charge in [-0.05, 0) is 44.4 Å². The molecule has 0 amide bonds. The summed E-state index contributed by atoms with van der Waals surface area (Å²) in [7, 11) is 0. The van der Waals surface area contributed by atoms with Crippen molar-refractivity contribution in [2.45, 2.75) is 84.3 Å². The molecule has 1 saturated carbocycles. The van der Waals surface area contributed by atoms with E-state index in [1.807, 2.05) is 44.2 Å². The van der Waals surface area contributed by atoms with Gasteiger partial charge in [-0.15, -0.1) is 0 Å². The molecular formula is C23H33NO4. The van der Waals surface area contributed by atoms with Crippen molar-refractivity contribution < 1.29 is 19.0 Å². The van der Waals surface area contributed by atoms with Crippen molar-refractivity contribution in [2.75, 3.05) is 0 Å². The van der Waals surface area contributed by atoms with Gasteiger partial charge >= 0.3 is 0 Å². The third-order valence-electron chi connectivity index (χ3n) is 6.26. The molecule has 0 bridgehead atoms. The van der Waals surface area contributed by atoms with Crippen LogP contribution >= 0.6 is 0 Å². The summed E-state index contributed by atoms with van der Waals surface area (Å²) in [6, 6.07) is 10.0. The molecular weight excluding hydrogens is 354 g/mol. The second kappa shape index (κ2) is 7.77. The highest BCUT2D eigenvalue weighted by Crippen LogP contribution is 2.40. The number of benzene rings is 1. The number of hydrogen-bond donors (Lipinski definition) is 0. The Morgan fingerprint density at radius 3 is 2.57 bits per heavy atom. The summed E-state index contributed by atoms with van der Waals surface area (Å²) in [6.07, 6.45) is 2.52. The van der Waals surface area contributed by atoms with E-state index >= 15 is 0 Å². The van der Waals surface area contributed by atoms with Gasteiger partial charge in [-0.25, -0.2) is 0 Å². The summed E-state index contributed by atoms with van der Waals surface area (Å²) in [5.41, 5.74) is 1.76. The number of oxime groups is 1. The van der Waals surface area contributed by atoms with Gasteiger partial charge in [-0.3, -0.25) is 0 Å². The van der Waals surface area contributed by atoms with Crippen LogP contribution in [0.2, 0.25) is 0 Å². The Bertz CT molecular complexity index is 702. The van der Waals surface area contributed by atoms with E-state index in [4.69, 9.17) is 19.0 Å². The molecule has 0 aromatic heterocycles. The molecule has 3 aliphatic rings. The summed E-state index contributed by atoms with van der Waals surface area (Å²) in [5.74, 6) is 1.09. The molecule has 0 N–H and O–H groups in total. The number of hydrogen-bond acceptors (Lipinski definition) is 5. The van der Waals surface area contributed by atoms with Gasteiger partial charge in [0, 0.05) is 5.56 Å². The first-order chi connectivity index (χ1) is 13.3. The van der Waals surface area contributed by atoms with E-state index in [2.05, 4.69) is 25.9 Å². The van der Waals surface area contributed by atoms with Crippen LogP contribution in [0.4, 0.5) is 0 Å². The molecule has 1 saturated heterocycles. The third kappa shape index (κ3) is 3.98. The van der Waals surface area contributed by atoms with Crippen molar-refractivity contribution in [1.29, 1.82) is 0 Å². The number of ether oxygens (including phenoxy) is 3. The predicted molar refractivity (Wildman–Crippen MR) is 108 cm³/mol. The highest BCUT2D eigenvalue weighted by molar-refractivity contribution is 6.04. The van der Waals surface area contributed by atoms with Gasteiger partial charge < -0.3 is 19.0 Å². The quantitative estimate of drug-likeness (QED) is 0.748. The lowest BCUT2D eigenvalue weighted by Crippen LogP contribution is -2.49. The number of nitrogens with zero attached hydrogens (tertiary/aromatic N) is 1. The van der Waals surface area contributed by atoms with Crippen LogP contribution < -0.4 is 0 Å². The summed E-state index contributed by atoms with van der Waals surface area (Å²) < 4.78 is 19.0. The maximum absolute atomic E-state index is 6.53. The second-order valence-corrected chi connectivity index (χ2v) is 9.34. The molecule has 2 heterocycles. The Kier molecular flexibility index (Phi) is 5.51. The topological polar surface area (TPSA) is 49.3 Å². The van der Waals surface area contributed by atoms with Crippen LogP contribution in [0.25, 0.3) is 0 Å². The van der Waals surface area contributed by atoms with E-state index < -0.39 is 12.1 Å². The fourth-order valence-electron chi connectivity index (χ4n) is 4.79. The molecule has 0 radical (unpaired) electrons. The monoisotopic (exact) mass is 387 g/mol. The van der Waals surface area contributed by atoms with Crippen molar-refractivity contribution in [3.63, 3.8) is 0 Å². The lowest BCUT2D eigenvalue weighted by molar-refractivity contribution is -0.252. The fourth-order valence-corrected chi connectivity index (χ4v) is 4.79. The Hall–Kier alpha value is -1.43. The average molecular weight is 388 g/mol. The van der Waals surface area contributed by atoms with Gasteiger partial charge in [0.25, 0.3) is 6.29 Å². The van der Waals surface area contributed by atoms with Gasteiger partial charge in [0.05, 0.1) is 6.10 Å². The van der Waals surface area contributed by atoms with Gasteiger partial charge in [0.1, 0.15) is 11.8 Å². The van der Waals surface area contributed by atoms with E-state index in [1.165, 1.54) is 12.8 Å². The molecule has 0 unspecified atom stereocenters. The minimum atomic E-state index is -0.697. The maximum Gasteiger partial charge on any atom is 0.256 e. The highest BCUT2D eigenvalue weighted by Gasteiger charge is 2.53. The minimum absolute atomic E-state index is 0.162. The van der Waals surface area contributed by atoms with E-state index in [0.717, 1.165) is 17.7 Å². The molecule has 4 rings (SSSR count). The maximum atomic E-state index is 6.53. The van der Waals surface area contributed by atoms with E-state index in [1.54, 1.807) is 0 Å². The second-order valence-electron chi connectivity index (χ2n) is 9.34. The summed E-state index contributed by atoms with van der Waals surface area (Å²) in [4.78, 5) is 5.88. The van der Waals surface area contributed by atoms with Gasteiger partial charge in [-0.2, -0.15) is 0 Å². The lowest BCUT2D eigenvalue weighted by atomic mass is 9.75. The molecule has 1 aliphatic carbocycles. The van der Waals surface area contributed by atoms with Crippen LogP contribution in [0.5, 0.6) is 0 Å². The van der Waals surface area contributed by atoms with E-state index in [-0.39, 0.29) is 18.3 Å². The molecule has 28 heavy (non-hydrogen) atoms.